The molecule has 33 heavy (non-hydrogen) atoms. The number of unbranched alkanes of at least 4 members (excludes halogenated alkanes) is 9. The van der Waals surface area contributed by atoms with E-state index in [1.54, 1.807) is 19.2 Å². The van der Waals surface area contributed by atoms with Gasteiger partial charge in [-0.1, -0.05) is 75.3 Å². The van der Waals surface area contributed by atoms with Crippen LogP contribution in [0.2, 0.25) is 0 Å². The van der Waals surface area contributed by atoms with Crippen LogP contribution >= 0.6 is 11.8 Å². The van der Waals surface area contributed by atoms with Crippen LogP contribution in [-0.2, 0) is 9.59 Å². The molecule has 0 radical (unpaired) electrons. The molecule has 0 spiro atoms. The smallest absolute Gasteiger partial charge is 0.224 e. The van der Waals surface area contributed by atoms with E-state index in [-0.39, 0.29) is 16.8 Å². The largest absolute Gasteiger partial charge is 0.505 e. The second-order valence-electron chi connectivity index (χ2n) is 8.56. The molecule has 0 aliphatic rings. The van der Waals surface area contributed by atoms with Crippen molar-refractivity contribution in [2.75, 3.05) is 11.1 Å². The first-order valence-corrected chi connectivity index (χ1v) is 13.1. The van der Waals surface area contributed by atoms with Crippen molar-refractivity contribution in [3.63, 3.8) is 0 Å². The second kappa shape index (κ2) is 15.5. The number of phenolic OH excluding ortho intramolecular Hbond substituents is 1. The van der Waals surface area contributed by atoms with E-state index in [0.29, 0.717) is 17.7 Å². The summed E-state index contributed by atoms with van der Waals surface area (Å²) in [6.45, 7) is 3.54. The van der Waals surface area contributed by atoms with Crippen LogP contribution in [-0.4, -0.2) is 26.9 Å². The standard InChI is InChI=1S/C27H38N2O3S/c1-21-20-23(17-18-28-21)24-14-13-15-25(27(24)32)29-26(31)16-11-9-7-5-3-4-6-8-10-12-19-33-22(2)30/h13-15,17-18,20,32H,3-12,16,19H2,1-2H3,(H,29,31). The number of aromatic nitrogens is 1. The van der Waals surface area contributed by atoms with Gasteiger partial charge in [0, 0.05) is 36.6 Å². The van der Waals surface area contributed by atoms with E-state index in [4.69, 9.17) is 0 Å². The number of aryl methyl sites for hydroxylation is 1. The van der Waals surface area contributed by atoms with Gasteiger partial charge >= 0.3 is 0 Å². The average molecular weight is 471 g/mol. The number of nitrogens with one attached hydrogen (secondary N) is 1. The van der Waals surface area contributed by atoms with Gasteiger partial charge in [-0.15, -0.1) is 0 Å². The lowest BCUT2D eigenvalue weighted by Gasteiger charge is -2.11. The Morgan fingerprint density at radius 1 is 0.939 bits per heavy atom. The number of hydrogen-bond acceptors (Lipinski definition) is 5. The lowest BCUT2D eigenvalue weighted by molar-refractivity contribution is -0.116. The third-order valence-electron chi connectivity index (χ3n) is 5.62. The molecule has 0 fully saturated rings. The summed E-state index contributed by atoms with van der Waals surface area (Å²) in [5.41, 5.74) is 2.89. The van der Waals surface area contributed by atoms with Gasteiger partial charge in [0.1, 0.15) is 5.75 Å². The van der Waals surface area contributed by atoms with Gasteiger partial charge in [-0.05, 0) is 43.5 Å². The molecule has 1 heterocycles. The Bertz CT molecular complexity index is 885. The van der Waals surface area contributed by atoms with Gasteiger partial charge in [-0.2, -0.15) is 0 Å². The minimum Gasteiger partial charge on any atom is -0.505 e. The molecular formula is C27H38N2O3S. The van der Waals surface area contributed by atoms with Crippen molar-refractivity contribution >= 4 is 28.5 Å². The number of nitrogens with zero attached hydrogens (tertiary/aromatic N) is 1. The van der Waals surface area contributed by atoms with E-state index < -0.39 is 0 Å². The fraction of sp³-hybridized carbons (Fsp3) is 0.519. The van der Waals surface area contributed by atoms with Crippen molar-refractivity contribution in [2.24, 2.45) is 0 Å². The molecule has 1 amide bonds. The highest BCUT2D eigenvalue weighted by Crippen LogP contribution is 2.35. The number of pyridine rings is 1. The van der Waals surface area contributed by atoms with Crippen LogP contribution in [0.3, 0.4) is 0 Å². The molecule has 2 N–H and O–H groups in total. The van der Waals surface area contributed by atoms with E-state index in [1.165, 1.54) is 50.3 Å². The number of rotatable bonds is 15. The monoisotopic (exact) mass is 470 g/mol. The van der Waals surface area contributed by atoms with Crippen molar-refractivity contribution < 1.29 is 14.7 Å². The maximum atomic E-state index is 12.3. The number of phenols is 1. The van der Waals surface area contributed by atoms with Crippen molar-refractivity contribution in [3.05, 3.63) is 42.2 Å². The van der Waals surface area contributed by atoms with Gasteiger partial charge in [-0.3, -0.25) is 14.6 Å². The molecule has 1 aromatic heterocycles. The zero-order valence-electron chi connectivity index (χ0n) is 20.1. The molecule has 6 heteroatoms. The third kappa shape index (κ3) is 10.9. The Labute approximate surface area is 202 Å². The van der Waals surface area contributed by atoms with Gasteiger partial charge in [-0.25, -0.2) is 0 Å². The quantitative estimate of drug-likeness (QED) is 0.211. The second-order valence-corrected chi connectivity index (χ2v) is 9.83. The Morgan fingerprint density at radius 2 is 1.58 bits per heavy atom. The first kappa shape index (κ1) is 26.9. The zero-order valence-corrected chi connectivity index (χ0v) is 20.9. The van der Waals surface area contributed by atoms with Gasteiger partial charge in [0.25, 0.3) is 0 Å². The normalized spacial score (nSPS) is 10.8. The molecule has 1 aromatic carbocycles. The molecule has 5 nitrogen and oxygen atoms in total. The van der Waals surface area contributed by atoms with Crippen molar-refractivity contribution in [1.82, 2.24) is 4.98 Å². The van der Waals surface area contributed by atoms with Crippen LogP contribution in [0.15, 0.2) is 36.5 Å². The van der Waals surface area contributed by atoms with Crippen LogP contribution in [0.1, 0.15) is 83.2 Å². The Balaban J connectivity index is 1.56. The van der Waals surface area contributed by atoms with Gasteiger partial charge in [0.2, 0.25) is 5.91 Å². The fourth-order valence-electron chi connectivity index (χ4n) is 3.82. The number of para-hydroxylation sites is 1. The molecule has 180 valence electrons. The first-order valence-electron chi connectivity index (χ1n) is 12.2. The number of anilines is 1. The predicted octanol–water partition coefficient (Wildman–Crippen LogP) is 7.27. The van der Waals surface area contributed by atoms with Crippen LogP contribution in [0.25, 0.3) is 11.1 Å². The summed E-state index contributed by atoms with van der Waals surface area (Å²) in [5, 5.41) is 13.7. The zero-order chi connectivity index (χ0) is 23.9. The molecule has 0 atom stereocenters. The summed E-state index contributed by atoms with van der Waals surface area (Å²) < 4.78 is 0. The van der Waals surface area contributed by atoms with Crippen molar-refractivity contribution in [1.29, 1.82) is 0 Å². The van der Waals surface area contributed by atoms with Crippen LogP contribution in [0.5, 0.6) is 5.75 Å². The number of benzene rings is 1. The topological polar surface area (TPSA) is 79.3 Å². The highest BCUT2D eigenvalue weighted by Gasteiger charge is 2.11. The Morgan fingerprint density at radius 3 is 2.21 bits per heavy atom. The molecule has 0 bridgehead atoms. The van der Waals surface area contributed by atoms with Crippen molar-refractivity contribution in [3.8, 4) is 16.9 Å². The molecular weight excluding hydrogens is 432 g/mol. The number of carbonyl (C=O) groups is 2. The van der Waals surface area contributed by atoms with Gasteiger partial charge in [0.05, 0.1) is 5.69 Å². The van der Waals surface area contributed by atoms with E-state index in [9.17, 15) is 14.7 Å². The molecule has 0 saturated heterocycles. The minimum atomic E-state index is -0.0590. The highest BCUT2D eigenvalue weighted by atomic mass is 32.2. The fourth-order valence-corrected chi connectivity index (χ4v) is 4.46. The van der Waals surface area contributed by atoms with E-state index in [1.807, 2.05) is 31.2 Å². The van der Waals surface area contributed by atoms with E-state index >= 15 is 0 Å². The Kier molecular flexibility index (Phi) is 12.6. The highest BCUT2D eigenvalue weighted by molar-refractivity contribution is 8.13. The number of aromatic hydroxyl groups is 1. The average Bonchev–Trinajstić information content (AvgIpc) is 2.78. The lowest BCUT2D eigenvalue weighted by Crippen LogP contribution is -2.11. The number of carbonyl (C=O) groups excluding carboxylic acids is 2. The molecule has 2 rings (SSSR count). The molecule has 0 saturated carbocycles. The van der Waals surface area contributed by atoms with Gasteiger partial charge in [0.15, 0.2) is 5.12 Å². The van der Waals surface area contributed by atoms with Crippen LogP contribution in [0, 0.1) is 6.92 Å². The van der Waals surface area contributed by atoms with Crippen LogP contribution in [0.4, 0.5) is 5.69 Å². The summed E-state index contributed by atoms with van der Waals surface area (Å²) in [7, 11) is 0. The first-order chi connectivity index (χ1) is 16.0. The van der Waals surface area contributed by atoms with Gasteiger partial charge < -0.3 is 10.4 Å². The lowest BCUT2D eigenvalue weighted by atomic mass is 10.0. The van der Waals surface area contributed by atoms with E-state index in [0.717, 1.165) is 42.7 Å². The number of amides is 1. The summed E-state index contributed by atoms with van der Waals surface area (Å²) in [4.78, 5) is 27.4. The number of hydrogen-bond donors (Lipinski definition) is 2. The molecule has 2 aromatic rings. The minimum absolute atomic E-state index is 0.0590. The molecule has 0 unspecified atom stereocenters. The summed E-state index contributed by atoms with van der Waals surface area (Å²) in [6, 6.07) is 9.17. The Hall–Kier alpha value is -2.34. The van der Waals surface area contributed by atoms with E-state index in [2.05, 4.69) is 10.3 Å². The maximum absolute atomic E-state index is 12.3. The SMILES string of the molecule is CC(=O)SCCCCCCCCCCCCC(=O)Nc1cccc(-c2ccnc(C)c2)c1O. The molecule has 0 aliphatic heterocycles. The molecule has 0 aliphatic carbocycles. The van der Waals surface area contributed by atoms with Crippen molar-refractivity contribution in [2.45, 2.75) is 84.5 Å². The van der Waals surface area contributed by atoms with Crippen LogP contribution < -0.4 is 5.32 Å². The maximum Gasteiger partial charge on any atom is 0.224 e. The summed E-state index contributed by atoms with van der Waals surface area (Å²) in [6.07, 6.45) is 13.9. The third-order valence-corrected chi connectivity index (χ3v) is 6.52. The summed E-state index contributed by atoms with van der Waals surface area (Å²) >= 11 is 1.43. The number of thioether (sulfide) groups is 1. The summed E-state index contributed by atoms with van der Waals surface area (Å²) in [5.74, 6) is 0.989. The predicted molar refractivity (Wildman–Crippen MR) is 139 cm³/mol.